The maximum Gasteiger partial charge on any atom is 0.270 e. The highest BCUT2D eigenvalue weighted by molar-refractivity contribution is 5.80. The van der Waals surface area contributed by atoms with E-state index >= 15 is 0 Å². The van der Waals surface area contributed by atoms with E-state index in [4.69, 9.17) is 4.74 Å². The summed E-state index contributed by atoms with van der Waals surface area (Å²) in [6.07, 6.45) is 1.43. The van der Waals surface area contributed by atoms with Crippen molar-refractivity contribution in [2.24, 2.45) is 5.10 Å². The molecule has 4 rings (SSSR count). The van der Waals surface area contributed by atoms with Crippen molar-refractivity contribution in [3.05, 3.63) is 81.4 Å². The SMILES string of the molecule is N#Cc1c(-c2ccccc2)nc(NN=Cc2ccc(CN3CCOCC3)c(F)c2)[nH]c1=O. The molecule has 0 unspecified atom stereocenters. The lowest BCUT2D eigenvalue weighted by atomic mass is 10.1. The summed E-state index contributed by atoms with van der Waals surface area (Å²) < 4.78 is 19.8. The Morgan fingerprint density at radius 2 is 2.03 bits per heavy atom. The maximum atomic E-state index is 14.5. The van der Waals surface area contributed by atoms with Gasteiger partial charge in [0.05, 0.1) is 25.1 Å². The van der Waals surface area contributed by atoms with Crippen LogP contribution in [-0.4, -0.2) is 47.4 Å². The first-order chi connectivity index (χ1) is 15.6. The maximum absolute atomic E-state index is 14.5. The molecule has 1 fully saturated rings. The van der Waals surface area contributed by atoms with Crippen molar-refractivity contribution in [2.45, 2.75) is 6.54 Å². The van der Waals surface area contributed by atoms with E-state index < -0.39 is 5.56 Å². The monoisotopic (exact) mass is 432 g/mol. The van der Waals surface area contributed by atoms with Crippen LogP contribution in [-0.2, 0) is 11.3 Å². The number of nitrogens with zero attached hydrogens (tertiary/aromatic N) is 4. The molecule has 0 spiro atoms. The molecule has 2 N–H and O–H groups in total. The van der Waals surface area contributed by atoms with Crippen molar-refractivity contribution >= 4 is 12.2 Å². The van der Waals surface area contributed by atoms with Gasteiger partial charge in [-0.15, -0.1) is 0 Å². The molecule has 1 saturated heterocycles. The lowest BCUT2D eigenvalue weighted by molar-refractivity contribution is 0.0337. The molecule has 9 heteroatoms. The summed E-state index contributed by atoms with van der Waals surface area (Å²) in [5, 5.41) is 13.4. The lowest BCUT2D eigenvalue weighted by Gasteiger charge is -2.26. The quantitative estimate of drug-likeness (QED) is 0.458. The molecule has 1 aromatic heterocycles. The molecule has 2 aromatic carbocycles. The molecule has 8 nitrogen and oxygen atoms in total. The highest BCUT2D eigenvalue weighted by Gasteiger charge is 2.14. The third-order valence-electron chi connectivity index (χ3n) is 5.04. The van der Waals surface area contributed by atoms with Gasteiger partial charge in [0, 0.05) is 30.8 Å². The number of nitriles is 1. The molecule has 162 valence electrons. The zero-order chi connectivity index (χ0) is 22.3. The van der Waals surface area contributed by atoms with Crippen LogP contribution in [0.2, 0.25) is 0 Å². The molecule has 0 amide bonds. The minimum absolute atomic E-state index is 0.0773. The fourth-order valence-corrected chi connectivity index (χ4v) is 3.38. The third kappa shape index (κ3) is 5.06. The number of H-pyrrole nitrogens is 1. The molecule has 0 atom stereocenters. The minimum Gasteiger partial charge on any atom is -0.379 e. The van der Waals surface area contributed by atoms with Gasteiger partial charge in [0.15, 0.2) is 0 Å². The van der Waals surface area contributed by atoms with Crippen LogP contribution in [0.15, 0.2) is 58.4 Å². The number of hydrazone groups is 1. The van der Waals surface area contributed by atoms with Crippen LogP contribution in [0, 0.1) is 17.1 Å². The van der Waals surface area contributed by atoms with Gasteiger partial charge in [-0.2, -0.15) is 10.4 Å². The van der Waals surface area contributed by atoms with Crippen molar-refractivity contribution in [1.29, 1.82) is 5.26 Å². The normalized spacial score (nSPS) is 14.4. The molecule has 0 saturated carbocycles. The number of rotatable bonds is 6. The standard InChI is InChI=1S/C23H21FN6O2/c24-20-12-16(6-7-18(20)15-30-8-10-32-11-9-30)14-26-29-23-27-21(17-4-2-1-3-5-17)19(13-25)22(31)28-23/h1-7,12,14H,8-11,15H2,(H2,27,28,29,31). The molecular weight excluding hydrogens is 411 g/mol. The Hall–Kier alpha value is -3.87. The van der Waals surface area contributed by atoms with Crippen molar-refractivity contribution in [3.63, 3.8) is 0 Å². The number of hydrogen-bond donors (Lipinski definition) is 2. The molecule has 0 aliphatic carbocycles. The van der Waals surface area contributed by atoms with E-state index in [1.165, 1.54) is 12.3 Å². The van der Waals surface area contributed by atoms with Crippen LogP contribution in [0.25, 0.3) is 11.3 Å². The highest BCUT2D eigenvalue weighted by Crippen LogP contribution is 2.19. The van der Waals surface area contributed by atoms with Gasteiger partial charge in [0.2, 0.25) is 5.95 Å². The molecule has 1 aliphatic rings. The van der Waals surface area contributed by atoms with E-state index in [0.29, 0.717) is 36.4 Å². The van der Waals surface area contributed by atoms with Crippen molar-refractivity contribution in [2.75, 3.05) is 31.7 Å². The van der Waals surface area contributed by atoms with Gasteiger partial charge in [-0.25, -0.2) is 14.8 Å². The van der Waals surface area contributed by atoms with Crippen molar-refractivity contribution in [3.8, 4) is 17.3 Å². The fraction of sp³-hybridized carbons (Fsp3) is 0.217. The third-order valence-corrected chi connectivity index (χ3v) is 5.04. The first kappa shape index (κ1) is 21.4. The molecule has 3 aromatic rings. The summed E-state index contributed by atoms with van der Waals surface area (Å²) in [7, 11) is 0. The van der Waals surface area contributed by atoms with Crippen LogP contribution >= 0.6 is 0 Å². The Bertz CT molecular complexity index is 1210. The van der Waals surface area contributed by atoms with E-state index in [1.807, 2.05) is 12.1 Å². The number of anilines is 1. The van der Waals surface area contributed by atoms with E-state index in [-0.39, 0.29) is 23.0 Å². The average Bonchev–Trinajstić information content (AvgIpc) is 2.82. The van der Waals surface area contributed by atoms with Crippen LogP contribution in [0.4, 0.5) is 10.3 Å². The van der Waals surface area contributed by atoms with Gasteiger partial charge >= 0.3 is 0 Å². The summed E-state index contributed by atoms with van der Waals surface area (Å²) in [5.74, 6) is -0.231. The molecule has 1 aliphatic heterocycles. The Kier molecular flexibility index (Phi) is 6.65. The minimum atomic E-state index is -0.572. The van der Waals surface area contributed by atoms with E-state index in [1.54, 1.807) is 36.4 Å². The topological polar surface area (TPSA) is 106 Å². The summed E-state index contributed by atoms with van der Waals surface area (Å²) in [6, 6.07) is 15.7. The van der Waals surface area contributed by atoms with Crippen molar-refractivity contribution < 1.29 is 9.13 Å². The van der Waals surface area contributed by atoms with Crippen LogP contribution in [0.5, 0.6) is 0 Å². The van der Waals surface area contributed by atoms with Gasteiger partial charge in [-0.3, -0.25) is 14.7 Å². The summed E-state index contributed by atoms with van der Waals surface area (Å²) in [5.41, 5.74) is 4.06. The van der Waals surface area contributed by atoms with Gasteiger partial charge in [-0.05, 0) is 11.6 Å². The number of aromatic amines is 1. The Morgan fingerprint density at radius 1 is 1.25 bits per heavy atom. The summed E-state index contributed by atoms with van der Waals surface area (Å²) >= 11 is 0. The molecular formula is C23H21FN6O2. The van der Waals surface area contributed by atoms with E-state index in [9.17, 15) is 14.4 Å². The first-order valence-corrected chi connectivity index (χ1v) is 10.1. The Labute approximate surface area is 184 Å². The van der Waals surface area contributed by atoms with Crippen molar-refractivity contribution in [1.82, 2.24) is 14.9 Å². The second-order valence-corrected chi connectivity index (χ2v) is 7.23. The average molecular weight is 432 g/mol. The number of morpholine rings is 1. The second-order valence-electron chi connectivity index (χ2n) is 7.23. The Morgan fingerprint density at radius 3 is 2.75 bits per heavy atom. The van der Waals surface area contributed by atoms with Crippen LogP contribution in [0.3, 0.4) is 0 Å². The number of halogens is 1. The highest BCUT2D eigenvalue weighted by atomic mass is 19.1. The summed E-state index contributed by atoms with van der Waals surface area (Å²) in [6.45, 7) is 3.43. The predicted molar refractivity (Wildman–Crippen MR) is 119 cm³/mol. The largest absolute Gasteiger partial charge is 0.379 e. The lowest BCUT2D eigenvalue weighted by Crippen LogP contribution is -2.35. The second kappa shape index (κ2) is 9.96. The number of nitrogens with one attached hydrogen (secondary N) is 2. The van der Waals surface area contributed by atoms with Crippen LogP contribution < -0.4 is 11.0 Å². The predicted octanol–water partition coefficient (Wildman–Crippen LogP) is 2.73. The van der Waals surface area contributed by atoms with E-state index in [0.717, 1.165) is 13.1 Å². The zero-order valence-corrected chi connectivity index (χ0v) is 17.2. The molecule has 0 radical (unpaired) electrons. The van der Waals surface area contributed by atoms with Gasteiger partial charge < -0.3 is 4.74 Å². The molecule has 32 heavy (non-hydrogen) atoms. The zero-order valence-electron chi connectivity index (χ0n) is 17.2. The number of benzene rings is 2. The fourth-order valence-electron chi connectivity index (χ4n) is 3.38. The Balaban J connectivity index is 1.48. The molecule has 0 bridgehead atoms. The van der Waals surface area contributed by atoms with Crippen LogP contribution in [0.1, 0.15) is 16.7 Å². The smallest absolute Gasteiger partial charge is 0.270 e. The molecule has 2 heterocycles. The van der Waals surface area contributed by atoms with Gasteiger partial charge in [0.1, 0.15) is 17.4 Å². The first-order valence-electron chi connectivity index (χ1n) is 10.1. The van der Waals surface area contributed by atoms with Gasteiger partial charge in [-0.1, -0.05) is 42.5 Å². The van der Waals surface area contributed by atoms with Gasteiger partial charge in [0.25, 0.3) is 5.56 Å². The number of hydrogen-bond acceptors (Lipinski definition) is 7. The number of ether oxygens (including phenoxy) is 1. The van der Waals surface area contributed by atoms with E-state index in [2.05, 4.69) is 25.4 Å². The summed E-state index contributed by atoms with van der Waals surface area (Å²) in [4.78, 5) is 21.2. The number of aromatic nitrogens is 2.